The molecule has 1 aromatic carbocycles. The SMILES string of the molecule is CCNC(=O)Nc1nc2cc(/C(C=N)=C/C(C)CC)cc(/C=C/COC)c2s1. The summed E-state index contributed by atoms with van der Waals surface area (Å²) in [5.74, 6) is 0.380. The molecule has 0 fully saturated rings. The number of anilines is 1. The van der Waals surface area contributed by atoms with Gasteiger partial charge in [-0.05, 0) is 41.7 Å². The molecule has 150 valence electrons. The minimum absolute atomic E-state index is 0.268. The molecular formula is C21H28N4O2S. The molecule has 0 bridgehead atoms. The second kappa shape index (κ2) is 10.7. The second-order valence-corrected chi connectivity index (χ2v) is 7.43. The van der Waals surface area contributed by atoms with Crippen LogP contribution in [0.15, 0.2) is 24.3 Å². The van der Waals surface area contributed by atoms with Crippen molar-refractivity contribution in [2.75, 3.05) is 25.6 Å². The highest BCUT2D eigenvalue weighted by atomic mass is 32.1. The van der Waals surface area contributed by atoms with Crippen molar-refractivity contribution >= 4 is 50.6 Å². The fraction of sp³-hybridized carbons (Fsp3) is 0.381. The van der Waals surface area contributed by atoms with E-state index in [1.54, 1.807) is 7.11 Å². The van der Waals surface area contributed by atoms with E-state index in [2.05, 4.69) is 41.6 Å². The molecule has 0 aliphatic heterocycles. The van der Waals surface area contributed by atoms with E-state index in [0.717, 1.165) is 33.3 Å². The first kappa shape index (κ1) is 21.8. The van der Waals surface area contributed by atoms with Gasteiger partial charge in [0, 0.05) is 19.9 Å². The summed E-state index contributed by atoms with van der Waals surface area (Å²) < 4.78 is 6.10. The Morgan fingerprint density at radius 3 is 2.82 bits per heavy atom. The molecule has 1 heterocycles. The Kier molecular flexibility index (Phi) is 8.35. The van der Waals surface area contributed by atoms with Crippen LogP contribution in [0.2, 0.25) is 0 Å². The van der Waals surface area contributed by atoms with E-state index < -0.39 is 0 Å². The molecule has 6 nitrogen and oxygen atoms in total. The van der Waals surface area contributed by atoms with Gasteiger partial charge in [-0.2, -0.15) is 0 Å². The highest BCUT2D eigenvalue weighted by Gasteiger charge is 2.13. The van der Waals surface area contributed by atoms with Crippen LogP contribution in [0.1, 0.15) is 38.3 Å². The fourth-order valence-electron chi connectivity index (χ4n) is 2.63. The summed E-state index contributed by atoms with van der Waals surface area (Å²) in [6.07, 6.45) is 8.44. The van der Waals surface area contributed by atoms with E-state index >= 15 is 0 Å². The molecule has 1 aromatic heterocycles. The molecule has 0 aliphatic rings. The normalized spacial score (nSPS) is 13.1. The Morgan fingerprint density at radius 1 is 1.39 bits per heavy atom. The summed E-state index contributed by atoms with van der Waals surface area (Å²) in [5.41, 5.74) is 3.59. The van der Waals surface area contributed by atoms with Gasteiger partial charge in [0.15, 0.2) is 5.13 Å². The summed E-state index contributed by atoms with van der Waals surface area (Å²) in [6, 6.07) is 3.76. The number of hydrogen-bond donors (Lipinski definition) is 3. The maximum absolute atomic E-state index is 11.8. The number of urea groups is 1. The van der Waals surface area contributed by atoms with Crippen LogP contribution in [0, 0.1) is 11.3 Å². The van der Waals surface area contributed by atoms with Crippen molar-refractivity contribution < 1.29 is 9.53 Å². The van der Waals surface area contributed by atoms with Gasteiger partial charge in [-0.1, -0.05) is 49.8 Å². The second-order valence-electron chi connectivity index (χ2n) is 6.43. The van der Waals surface area contributed by atoms with Crippen LogP contribution in [-0.4, -0.2) is 37.5 Å². The van der Waals surface area contributed by atoms with E-state index in [-0.39, 0.29) is 6.03 Å². The van der Waals surface area contributed by atoms with Gasteiger partial charge in [-0.15, -0.1) is 0 Å². The highest BCUT2D eigenvalue weighted by molar-refractivity contribution is 7.22. The predicted molar refractivity (Wildman–Crippen MR) is 119 cm³/mol. The van der Waals surface area contributed by atoms with Crippen LogP contribution in [0.5, 0.6) is 0 Å². The maximum atomic E-state index is 11.8. The van der Waals surface area contributed by atoms with E-state index in [1.807, 2.05) is 25.1 Å². The van der Waals surface area contributed by atoms with Crippen molar-refractivity contribution in [3.05, 3.63) is 35.4 Å². The van der Waals surface area contributed by atoms with Crippen molar-refractivity contribution in [2.45, 2.75) is 27.2 Å². The zero-order valence-electron chi connectivity index (χ0n) is 16.8. The van der Waals surface area contributed by atoms with Crippen LogP contribution in [0.25, 0.3) is 21.9 Å². The fourth-order valence-corrected chi connectivity index (χ4v) is 3.56. The number of amides is 2. The molecule has 2 aromatic rings. The molecule has 1 atom stereocenters. The summed E-state index contributed by atoms with van der Waals surface area (Å²) in [5, 5.41) is 13.9. The monoisotopic (exact) mass is 400 g/mol. The van der Waals surface area contributed by atoms with Crippen molar-refractivity contribution in [3.63, 3.8) is 0 Å². The lowest BCUT2D eigenvalue weighted by Crippen LogP contribution is -2.28. The molecule has 0 spiro atoms. The third-order valence-electron chi connectivity index (χ3n) is 4.23. The Hall–Kier alpha value is -2.51. The number of aromatic nitrogens is 1. The minimum Gasteiger partial charge on any atom is -0.381 e. The lowest BCUT2D eigenvalue weighted by Gasteiger charge is -2.08. The molecule has 0 aliphatic carbocycles. The van der Waals surface area contributed by atoms with Crippen molar-refractivity contribution in [1.29, 1.82) is 5.41 Å². The number of carbonyl (C=O) groups excluding carboxylic acids is 1. The topological polar surface area (TPSA) is 87.1 Å². The number of ether oxygens (including phenoxy) is 1. The van der Waals surface area contributed by atoms with Gasteiger partial charge in [0.05, 0.1) is 16.8 Å². The number of thiazole rings is 1. The summed E-state index contributed by atoms with van der Waals surface area (Å²) >= 11 is 1.43. The molecular weight excluding hydrogens is 372 g/mol. The number of nitrogens with one attached hydrogen (secondary N) is 3. The zero-order valence-corrected chi connectivity index (χ0v) is 17.7. The first-order valence-electron chi connectivity index (χ1n) is 9.39. The average Bonchev–Trinajstić information content (AvgIpc) is 3.08. The van der Waals surface area contributed by atoms with Crippen molar-refractivity contribution in [2.24, 2.45) is 5.92 Å². The largest absolute Gasteiger partial charge is 0.381 e. The Morgan fingerprint density at radius 2 is 2.18 bits per heavy atom. The lowest BCUT2D eigenvalue weighted by molar-refractivity contribution is 0.234. The number of fused-ring (bicyclic) bond motifs is 1. The van der Waals surface area contributed by atoms with Crippen LogP contribution in [0.3, 0.4) is 0 Å². The number of benzene rings is 1. The number of rotatable bonds is 9. The van der Waals surface area contributed by atoms with Gasteiger partial charge in [0.25, 0.3) is 0 Å². The van der Waals surface area contributed by atoms with Crippen LogP contribution < -0.4 is 10.6 Å². The first-order valence-corrected chi connectivity index (χ1v) is 10.2. The smallest absolute Gasteiger partial charge is 0.321 e. The number of nitrogens with zero attached hydrogens (tertiary/aromatic N) is 1. The van der Waals surface area contributed by atoms with Crippen LogP contribution in [0.4, 0.5) is 9.93 Å². The van der Waals surface area contributed by atoms with Gasteiger partial charge in [-0.25, -0.2) is 9.78 Å². The number of methoxy groups -OCH3 is 1. The molecule has 0 radical (unpaired) electrons. The maximum Gasteiger partial charge on any atom is 0.321 e. The van der Waals surface area contributed by atoms with E-state index in [0.29, 0.717) is 24.2 Å². The predicted octanol–water partition coefficient (Wildman–Crippen LogP) is 5.18. The van der Waals surface area contributed by atoms with Gasteiger partial charge >= 0.3 is 6.03 Å². The van der Waals surface area contributed by atoms with Crippen molar-refractivity contribution in [1.82, 2.24) is 10.3 Å². The summed E-state index contributed by atoms with van der Waals surface area (Å²) in [6.45, 7) is 7.19. The molecule has 28 heavy (non-hydrogen) atoms. The van der Waals surface area contributed by atoms with Gasteiger partial charge in [-0.3, -0.25) is 5.32 Å². The summed E-state index contributed by atoms with van der Waals surface area (Å²) in [4.78, 5) is 16.4. The average molecular weight is 401 g/mol. The van der Waals surface area contributed by atoms with Crippen LogP contribution >= 0.6 is 11.3 Å². The van der Waals surface area contributed by atoms with E-state index in [1.165, 1.54) is 17.6 Å². The molecule has 3 N–H and O–H groups in total. The number of hydrogen-bond acceptors (Lipinski definition) is 5. The zero-order chi connectivity index (χ0) is 20.5. The lowest BCUT2D eigenvalue weighted by atomic mass is 9.98. The number of carbonyl (C=O) groups is 1. The molecule has 7 heteroatoms. The third-order valence-corrected chi connectivity index (χ3v) is 5.27. The van der Waals surface area contributed by atoms with E-state index in [4.69, 9.17) is 10.1 Å². The highest BCUT2D eigenvalue weighted by Crippen LogP contribution is 2.33. The molecule has 1 unspecified atom stereocenters. The summed E-state index contributed by atoms with van der Waals surface area (Å²) in [7, 11) is 1.65. The Bertz CT molecular complexity index is 886. The standard InChI is InChI=1S/C21H28N4O2S/c1-5-14(3)10-17(13-22)16-11-15(8-7-9-27-4)19-18(12-16)24-21(28-19)25-20(26)23-6-2/h7-8,10-14,22H,5-6,9H2,1-4H3,(H2,23,24,25,26)/b8-7+,17-10+,22-13?. The molecule has 2 rings (SSSR count). The first-order chi connectivity index (χ1) is 13.5. The van der Waals surface area contributed by atoms with E-state index in [9.17, 15) is 4.79 Å². The molecule has 0 saturated carbocycles. The Balaban J connectivity index is 2.53. The third kappa shape index (κ3) is 5.74. The van der Waals surface area contributed by atoms with Crippen LogP contribution in [-0.2, 0) is 4.74 Å². The Labute approximate surface area is 170 Å². The van der Waals surface area contributed by atoms with Gasteiger partial charge < -0.3 is 15.5 Å². The number of allylic oxidation sites excluding steroid dienone is 2. The van der Waals surface area contributed by atoms with Gasteiger partial charge in [0.1, 0.15) is 0 Å². The van der Waals surface area contributed by atoms with Crippen molar-refractivity contribution in [3.8, 4) is 0 Å². The molecule has 2 amide bonds. The molecule has 0 saturated heterocycles. The minimum atomic E-state index is -0.268. The van der Waals surface area contributed by atoms with Gasteiger partial charge in [0.2, 0.25) is 0 Å². The quantitative estimate of drug-likeness (QED) is 0.507.